The summed E-state index contributed by atoms with van der Waals surface area (Å²) < 4.78 is 15.2. The van der Waals surface area contributed by atoms with E-state index in [9.17, 15) is 18.8 Å². The molecule has 9 nitrogen and oxygen atoms in total. The van der Waals surface area contributed by atoms with Gasteiger partial charge in [-0.15, -0.1) is 10.2 Å². The van der Waals surface area contributed by atoms with Gasteiger partial charge < -0.3 is 20.3 Å². The van der Waals surface area contributed by atoms with E-state index in [-0.39, 0.29) is 29.3 Å². The Labute approximate surface area is 180 Å². The van der Waals surface area contributed by atoms with Crippen molar-refractivity contribution in [1.82, 2.24) is 14.8 Å². The summed E-state index contributed by atoms with van der Waals surface area (Å²) in [7, 11) is 1.66. The van der Waals surface area contributed by atoms with Crippen LogP contribution >= 0.6 is 11.8 Å². The smallest absolute Gasteiger partial charge is 0.335 e. The summed E-state index contributed by atoms with van der Waals surface area (Å²) in [6, 6.07) is 11.6. The van der Waals surface area contributed by atoms with Crippen molar-refractivity contribution >= 4 is 40.9 Å². The van der Waals surface area contributed by atoms with E-state index < -0.39 is 17.7 Å². The summed E-state index contributed by atoms with van der Waals surface area (Å²) in [6.07, 6.45) is -0.111. The van der Waals surface area contributed by atoms with Crippen molar-refractivity contribution in [2.45, 2.75) is 11.6 Å². The second-order valence-corrected chi connectivity index (χ2v) is 7.32. The summed E-state index contributed by atoms with van der Waals surface area (Å²) in [5.74, 6) is -1.94. The molecular weight excluding hydrogens is 425 g/mol. The van der Waals surface area contributed by atoms with Gasteiger partial charge in [-0.3, -0.25) is 9.59 Å². The molecule has 2 amide bonds. The van der Waals surface area contributed by atoms with Gasteiger partial charge in [-0.1, -0.05) is 23.9 Å². The van der Waals surface area contributed by atoms with Crippen LogP contribution in [0.3, 0.4) is 0 Å². The molecule has 11 heteroatoms. The number of hydrogen-bond acceptors (Lipinski definition) is 6. The van der Waals surface area contributed by atoms with Crippen LogP contribution < -0.4 is 10.6 Å². The molecular formula is C20H18FN5O4S. The first-order chi connectivity index (χ1) is 14.8. The van der Waals surface area contributed by atoms with E-state index >= 15 is 0 Å². The molecule has 0 saturated heterocycles. The van der Waals surface area contributed by atoms with Crippen LogP contribution in [0.5, 0.6) is 0 Å². The highest BCUT2D eigenvalue weighted by molar-refractivity contribution is 7.99. The number of rotatable bonds is 8. The van der Waals surface area contributed by atoms with E-state index in [1.807, 2.05) is 0 Å². The lowest BCUT2D eigenvalue weighted by Gasteiger charge is -2.07. The van der Waals surface area contributed by atoms with Crippen LogP contribution in [0.15, 0.2) is 53.7 Å². The van der Waals surface area contributed by atoms with Crippen molar-refractivity contribution in [2.75, 3.05) is 16.4 Å². The van der Waals surface area contributed by atoms with Crippen molar-refractivity contribution in [3.8, 4) is 0 Å². The number of para-hydroxylation sites is 1. The van der Waals surface area contributed by atoms with Crippen molar-refractivity contribution in [3.05, 3.63) is 65.7 Å². The lowest BCUT2D eigenvalue weighted by Crippen LogP contribution is -2.18. The second kappa shape index (κ2) is 9.85. The van der Waals surface area contributed by atoms with Gasteiger partial charge in [0.25, 0.3) is 0 Å². The summed E-state index contributed by atoms with van der Waals surface area (Å²) in [5.41, 5.74) is 0.675. The van der Waals surface area contributed by atoms with Gasteiger partial charge in [0.2, 0.25) is 11.8 Å². The molecule has 3 N–H and O–H groups in total. The van der Waals surface area contributed by atoms with Gasteiger partial charge in [-0.05, 0) is 36.4 Å². The van der Waals surface area contributed by atoms with Gasteiger partial charge in [0.05, 0.1) is 23.4 Å². The van der Waals surface area contributed by atoms with Gasteiger partial charge >= 0.3 is 5.97 Å². The fraction of sp³-hybridized carbons (Fsp3) is 0.150. The molecule has 2 aromatic carbocycles. The molecule has 0 bridgehead atoms. The summed E-state index contributed by atoms with van der Waals surface area (Å²) >= 11 is 1.13. The van der Waals surface area contributed by atoms with Gasteiger partial charge in [-0.2, -0.15) is 0 Å². The zero-order valence-corrected chi connectivity index (χ0v) is 17.1. The molecule has 0 fully saturated rings. The first-order valence-electron chi connectivity index (χ1n) is 9.02. The third-order valence-corrected chi connectivity index (χ3v) is 5.16. The molecule has 3 rings (SSSR count). The molecule has 0 unspecified atom stereocenters. The fourth-order valence-corrected chi connectivity index (χ4v) is 3.28. The molecule has 3 aromatic rings. The summed E-state index contributed by atoms with van der Waals surface area (Å²) in [4.78, 5) is 35.1. The Hall–Kier alpha value is -3.73. The highest BCUT2D eigenvalue weighted by atomic mass is 32.2. The zero-order valence-electron chi connectivity index (χ0n) is 16.3. The Balaban J connectivity index is 1.52. The molecule has 0 aliphatic rings. The van der Waals surface area contributed by atoms with Crippen molar-refractivity contribution in [3.63, 3.8) is 0 Å². The molecule has 0 radical (unpaired) electrons. The van der Waals surface area contributed by atoms with Crippen LogP contribution in [0, 0.1) is 5.82 Å². The van der Waals surface area contributed by atoms with Crippen LogP contribution in [0.2, 0.25) is 0 Å². The number of halogens is 1. The minimum atomic E-state index is -1.05. The number of aromatic carboxylic acids is 1. The van der Waals surface area contributed by atoms with E-state index in [4.69, 9.17) is 5.11 Å². The van der Waals surface area contributed by atoms with E-state index in [1.165, 1.54) is 42.5 Å². The third kappa shape index (κ3) is 5.89. The highest BCUT2D eigenvalue weighted by Gasteiger charge is 2.15. The fourth-order valence-electron chi connectivity index (χ4n) is 2.55. The Kier molecular flexibility index (Phi) is 6.98. The zero-order chi connectivity index (χ0) is 22.4. The average Bonchev–Trinajstić information content (AvgIpc) is 3.08. The number of anilines is 2. The van der Waals surface area contributed by atoms with E-state index in [2.05, 4.69) is 20.8 Å². The van der Waals surface area contributed by atoms with Crippen LogP contribution in [0.25, 0.3) is 0 Å². The minimum Gasteiger partial charge on any atom is -0.478 e. The first-order valence-corrected chi connectivity index (χ1v) is 10.0. The number of amides is 2. The van der Waals surface area contributed by atoms with E-state index in [1.54, 1.807) is 17.7 Å². The quantitative estimate of drug-likeness (QED) is 0.457. The predicted octanol–water partition coefficient (Wildman–Crippen LogP) is 2.56. The number of hydrogen-bond donors (Lipinski definition) is 3. The standard InChI is InChI=1S/C20H18FN5O4S/c1-26-16(10-17(27)23-15-5-3-2-4-14(15)21)24-25-20(26)31-11-18(28)22-13-8-6-12(7-9-13)19(29)30/h2-9H,10-11H2,1H3,(H,22,28)(H,23,27)(H,29,30). The molecule has 0 aliphatic carbocycles. The maximum atomic E-state index is 13.6. The average molecular weight is 443 g/mol. The van der Waals surface area contributed by atoms with Crippen LogP contribution in [-0.4, -0.2) is 43.4 Å². The van der Waals surface area contributed by atoms with Crippen molar-refractivity contribution in [2.24, 2.45) is 7.05 Å². The molecule has 160 valence electrons. The molecule has 0 spiro atoms. The van der Waals surface area contributed by atoms with E-state index in [0.29, 0.717) is 16.7 Å². The molecule has 0 aliphatic heterocycles. The first kappa shape index (κ1) is 22.0. The highest BCUT2D eigenvalue weighted by Crippen LogP contribution is 2.18. The molecule has 1 heterocycles. The monoisotopic (exact) mass is 443 g/mol. The van der Waals surface area contributed by atoms with Crippen LogP contribution in [0.4, 0.5) is 15.8 Å². The summed E-state index contributed by atoms with van der Waals surface area (Å²) in [6.45, 7) is 0. The largest absolute Gasteiger partial charge is 0.478 e. The van der Waals surface area contributed by atoms with Crippen molar-refractivity contribution in [1.29, 1.82) is 0 Å². The minimum absolute atomic E-state index is 0.0358. The Morgan fingerprint density at radius 3 is 2.42 bits per heavy atom. The SMILES string of the molecule is Cn1c(CC(=O)Nc2ccccc2F)nnc1SCC(=O)Nc1ccc(C(=O)O)cc1. The number of carbonyl (C=O) groups excluding carboxylic acids is 2. The van der Waals surface area contributed by atoms with Gasteiger partial charge in [-0.25, -0.2) is 9.18 Å². The normalized spacial score (nSPS) is 10.5. The molecule has 31 heavy (non-hydrogen) atoms. The molecule has 0 atom stereocenters. The Morgan fingerprint density at radius 2 is 1.74 bits per heavy atom. The molecule has 1 aromatic heterocycles. The Bertz CT molecular complexity index is 1120. The van der Waals surface area contributed by atoms with Crippen molar-refractivity contribution < 1.29 is 23.9 Å². The Morgan fingerprint density at radius 1 is 1.03 bits per heavy atom. The third-order valence-electron chi connectivity index (χ3n) is 4.14. The van der Waals surface area contributed by atoms with E-state index in [0.717, 1.165) is 11.8 Å². The number of carboxylic acid groups (broad SMARTS) is 1. The number of nitrogens with zero attached hydrogens (tertiary/aromatic N) is 3. The van der Waals surface area contributed by atoms with Crippen LogP contribution in [0.1, 0.15) is 16.2 Å². The maximum Gasteiger partial charge on any atom is 0.335 e. The number of benzene rings is 2. The lowest BCUT2D eigenvalue weighted by atomic mass is 10.2. The van der Waals surface area contributed by atoms with Gasteiger partial charge in [0, 0.05) is 12.7 Å². The second-order valence-electron chi connectivity index (χ2n) is 6.38. The number of thioether (sulfide) groups is 1. The number of carboxylic acids is 1. The van der Waals surface area contributed by atoms with Crippen LogP contribution in [-0.2, 0) is 23.1 Å². The molecule has 0 saturated carbocycles. The van der Waals surface area contributed by atoms with Gasteiger partial charge in [0.15, 0.2) is 5.16 Å². The lowest BCUT2D eigenvalue weighted by molar-refractivity contribution is -0.116. The topological polar surface area (TPSA) is 126 Å². The number of carbonyl (C=O) groups is 3. The maximum absolute atomic E-state index is 13.6. The predicted molar refractivity (Wildman–Crippen MR) is 112 cm³/mol. The van der Waals surface area contributed by atoms with Gasteiger partial charge in [0.1, 0.15) is 11.6 Å². The number of nitrogens with one attached hydrogen (secondary N) is 2. The number of aromatic nitrogens is 3. The summed E-state index contributed by atoms with van der Waals surface area (Å²) in [5, 5.41) is 22.4.